The number of carbonyl (C=O) groups is 2. The highest BCUT2D eigenvalue weighted by atomic mass is 127. The van der Waals surface area contributed by atoms with Crippen molar-refractivity contribution in [2.75, 3.05) is 50.7 Å². The Kier molecular flexibility index (Phi) is 15.9. The molecule has 10 heterocycles. The Hall–Kier alpha value is -6.93. The van der Waals surface area contributed by atoms with E-state index in [2.05, 4.69) is 113 Å². The van der Waals surface area contributed by atoms with Gasteiger partial charge in [0.15, 0.2) is 95.4 Å². The maximum absolute atomic E-state index is 12.7. The van der Waals surface area contributed by atoms with Gasteiger partial charge >= 0.3 is 0 Å². The number of carbonyl (C=O) groups excluding carboxylic acids is 2. The Balaban J connectivity index is 0.000000125. The fourth-order valence-corrected chi connectivity index (χ4v) is 13.6. The van der Waals surface area contributed by atoms with Crippen molar-refractivity contribution in [2.24, 2.45) is 5.73 Å². The quantitative estimate of drug-likeness (QED) is 0.0535. The lowest BCUT2D eigenvalue weighted by molar-refractivity contribution is 0.0650. The van der Waals surface area contributed by atoms with Crippen molar-refractivity contribution < 1.29 is 38.0 Å². The maximum atomic E-state index is 12.7. The van der Waals surface area contributed by atoms with Gasteiger partial charge in [-0.25, -0.2) is 44.9 Å². The lowest BCUT2D eigenvalue weighted by Crippen LogP contribution is -2.31. The number of H-pyrrole nitrogens is 1. The molecule has 4 aliphatic heterocycles. The molecule has 0 radical (unpaired) electrons. The molecule has 412 valence electrons. The standard InChI is InChI=1S/C23H17IN6O4S.C15H15IN6O2S.C12H8IN5O2S/c24-14-8-15-16(34-11-33-15)9-17(14)35-23-28-18-19(25)26-10-27-20(18)29(23)6-3-7-30-21(31)12-4-1-2-5-13(12)22(30)32;16-8-4-9-10(24-7-23-9)5-11(8)25-15-21-12-13(18)19-6-20-14(12)22(15)3-1-2-17;13-5-1-6-7(20-4-19-6)2-8(5)21-12-17-9-10(14)15-3-16-11(9)18-12/h1-2,4-5,8-10H,3,6-7,11H2,(H2,25,26,27);4-6H,1-3,7,17H2,(H2,18,19,20);1-3H,4H2,(H3,14,15,16,17,18). The zero-order valence-corrected chi connectivity index (χ0v) is 50.6. The van der Waals surface area contributed by atoms with E-state index in [4.69, 9.17) is 56.3 Å². The Morgan fingerprint density at radius 1 is 0.531 bits per heavy atom. The highest BCUT2D eigenvalue weighted by molar-refractivity contribution is 14.1. The number of nitrogens with zero attached hydrogens (tertiary/aromatic N) is 12. The van der Waals surface area contributed by atoms with E-state index in [0.29, 0.717) is 98.5 Å². The zero-order valence-electron chi connectivity index (χ0n) is 41.7. The van der Waals surface area contributed by atoms with Gasteiger partial charge in [0.2, 0.25) is 20.4 Å². The minimum absolute atomic E-state index is 0.196. The van der Waals surface area contributed by atoms with Crippen LogP contribution >= 0.6 is 103 Å². The molecule has 0 saturated heterocycles. The highest BCUT2D eigenvalue weighted by Gasteiger charge is 2.35. The number of nitrogens with one attached hydrogen (secondary N) is 1. The van der Waals surface area contributed by atoms with Crippen molar-refractivity contribution in [1.82, 2.24) is 63.9 Å². The third-order valence-corrected chi connectivity index (χ3v) is 19.3. The van der Waals surface area contributed by atoms with Crippen molar-refractivity contribution >= 4 is 166 Å². The molecule has 81 heavy (non-hydrogen) atoms. The van der Waals surface area contributed by atoms with E-state index in [1.807, 2.05) is 45.5 Å². The molecule has 0 atom stereocenters. The second-order valence-electron chi connectivity index (χ2n) is 17.5. The highest BCUT2D eigenvalue weighted by Crippen LogP contribution is 2.44. The van der Waals surface area contributed by atoms with Crippen LogP contribution in [-0.2, 0) is 13.1 Å². The minimum Gasteiger partial charge on any atom is -0.454 e. The molecule has 10 aromatic rings. The van der Waals surface area contributed by atoms with E-state index in [-0.39, 0.29) is 44.6 Å². The molecule has 0 aliphatic carbocycles. The van der Waals surface area contributed by atoms with Crippen LogP contribution < -0.4 is 51.4 Å². The second kappa shape index (κ2) is 23.5. The van der Waals surface area contributed by atoms with Crippen molar-refractivity contribution in [3.63, 3.8) is 0 Å². The summed E-state index contributed by atoms with van der Waals surface area (Å²) in [6.45, 7) is 2.76. The van der Waals surface area contributed by atoms with Gasteiger partial charge in [0.05, 0.1) is 11.1 Å². The van der Waals surface area contributed by atoms with E-state index in [1.165, 1.54) is 59.2 Å². The van der Waals surface area contributed by atoms with Crippen LogP contribution in [0.3, 0.4) is 0 Å². The number of ether oxygens (including phenoxy) is 6. The second-order valence-corrected chi connectivity index (χ2v) is 24.0. The first-order chi connectivity index (χ1) is 39.4. The summed E-state index contributed by atoms with van der Waals surface area (Å²) in [6.07, 6.45) is 5.60. The molecule has 0 bridgehead atoms. The summed E-state index contributed by atoms with van der Waals surface area (Å²) in [5, 5.41) is 2.17. The molecule has 0 fully saturated rings. The summed E-state index contributed by atoms with van der Waals surface area (Å²) in [5.74, 6) is 4.93. The first-order valence-electron chi connectivity index (χ1n) is 24.2. The lowest BCUT2D eigenvalue weighted by Gasteiger charge is -2.15. The van der Waals surface area contributed by atoms with E-state index < -0.39 is 0 Å². The van der Waals surface area contributed by atoms with Gasteiger partial charge in [-0.05, 0) is 136 Å². The topological polar surface area (TPSA) is 338 Å². The minimum atomic E-state index is -0.267. The van der Waals surface area contributed by atoms with Crippen molar-refractivity contribution in [3.05, 3.63) is 101 Å². The first-order valence-corrected chi connectivity index (χ1v) is 29.9. The Morgan fingerprint density at radius 2 is 0.963 bits per heavy atom. The number of halogens is 3. The number of nitrogens with two attached hydrogens (primary N) is 4. The fraction of sp³-hybridized carbons (Fsp3) is 0.180. The normalized spacial score (nSPS) is 13.5. The largest absolute Gasteiger partial charge is 0.454 e. The van der Waals surface area contributed by atoms with E-state index >= 15 is 0 Å². The number of anilines is 3. The molecule has 2 amide bonds. The molecular weight excluding hydrogens is 1440 g/mol. The third kappa shape index (κ3) is 11.1. The molecular formula is C50H40I3N17O8S3. The molecule has 0 spiro atoms. The number of hydrogen-bond acceptors (Lipinski definition) is 24. The molecule has 25 nitrogen and oxygen atoms in total. The number of rotatable bonds is 13. The molecule has 6 aromatic heterocycles. The number of hydrogen-bond donors (Lipinski definition) is 5. The van der Waals surface area contributed by atoms with Gasteiger partial charge in [-0.2, -0.15) is 0 Å². The summed E-state index contributed by atoms with van der Waals surface area (Å²) >= 11 is 11.3. The van der Waals surface area contributed by atoms with Crippen LogP contribution in [-0.4, -0.2) is 109 Å². The monoisotopic (exact) mass is 1480 g/mol. The number of amides is 2. The summed E-state index contributed by atoms with van der Waals surface area (Å²) in [6, 6.07) is 18.6. The van der Waals surface area contributed by atoms with Gasteiger partial charge in [0, 0.05) is 45.0 Å². The first kappa shape index (κ1) is 54.6. The Bertz CT molecular complexity index is 4100. The van der Waals surface area contributed by atoms with Gasteiger partial charge in [0.25, 0.3) is 11.8 Å². The van der Waals surface area contributed by atoms with Gasteiger partial charge in [-0.1, -0.05) is 47.4 Å². The predicted octanol–water partition coefficient (Wildman–Crippen LogP) is 8.24. The van der Waals surface area contributed by atoms with Crippen LogP contribution in [0.5, 0.6) is 34.5 Å². The van der Waals surface area contributed by atoms with E-state index in [1.54, 1.807) is 24.3 Å². The van der Waals surface area contributed by atoms with Gasteiger partial charge in [-0.3, -0.25) is 14.5 Å². The van der Waals surface area contributed by atoms with Crippen LogP contribution in [0.25, 0.3) is 33.5 Å². The number of benzene rings is 4. The molecule has 31 heteroatoms. The predicted molar refractivity (Wildman–Crippen MR) is 324 cm³/mol. The number of imide groups is 1. The number of aryl methyl sites for hydroxylation is 2. The van der Waals surface area contributed by atoms with E-state index in [9.17, 15) is 9.59 Å². The van der Waals surface area contributed by atoms with Gasteiger partial charge < -0.3 is 65.5 Å². The SMILES string of the molecule is NCCCn1c(Sc2cc3c(cc2I)OCO3)nc2c(N)ncnc21.Nc1ncnc2c1nc(Sc1cc3c(cc1I)OCO3)n2CCCN1C(=O)c2ccccc2C1=O.Nc1ncnc2nc(Sc3cc4c(cc3I)OCO4)[nH]c12. The third-order valence-electron chi connectivity index (χ3n) is 12.5. The number of imidazole rings is 3. The van der Waals surface area contributed by atoms with Crippen LogP contribution in [0.15, 0.2) is 110 Å². The lowest BCUT2D eigenvalue weighted by atomic mass is 10.1. The van der Waals surface area contributed by atoms with Crippen molar-refractivity contribution in [2.45, 2.75) is 56.1 Å². The van der Waals surface area contributed by atoms with Crippen LogP contribution in [0.1, 0.15) is 33.6 Å². The smallest absolute Gasteiger partial charge is 0.261 e. The fourth-order valence-electron chi connectivity index (χ4n) is 8.61. The Labute approximate surface area is 511 Å². The maximum Gasteiger partial charge on any atom is 0.261 e. The zero-order chi connectivity index (χ0) is 55.9. The van der Waals surface area contributed by atoms with Crippen molar-refractivity contribution in [3.8, 4) is 34.5 Å². The number of fused-ring (bicyclic) bond motifs is 7. The van der Waals surface area contributed by atoms with Crippen LogP contribution in [0.4, 0.5) is 17.5 Å². The summed E-state index contributed by atoms with van der Waals surface area (Å²) in [5.41, 5.74) is 28.0. The number of aromatic nitrogens is 12. The average molecular weight is 1480 g/mol. The molecule has 4 aromatic carbocycles. The van der Waals surface area contributed by atoms with Crippen molar-refractivity contribution in [1.29, 1.82) is 0 Å². The van der Waals surface area contributed by atoms with Crippen LogP contribution in [0, 0.1) is 10.7 Å². The number of aromatic amines is 1. The Morgan fingerprint density at radius 3 is 1.43 bits per heavy atom. The van der Waals surface area contributed by atoms with Crippen LogP contribution in [0.2, 0.25) is 0 Å². The number of nitrogen functional groups attached to an aromatic ring is 3. The van der Waals surface area contributed by atoms with Gasteiger partial charge in [-0.15, -0.1) is 0 Å². The molecule has 9 N–H and O–H groups in total. The molecule has 0 saturated carbocycles. The average Bonchev–Trinajstić information content (AvgIpc) is 4.44. The molecule has 4 aliphatic rings. The van der Waals surface area contributed by atoms with Gasteiger partial charge in [0.1, 0.15) is 24.5 Å². The molecule has 14 rings (SSSR count). The van der Waals surface area contributed by atoms with E-state index in [0.717, 1.165) is 65.6 Å². The summed E-state index contributed by atoms with van der Waals surface area (Å²) < 4.78 is 39.7. The molecule has 0 unspecified atom stereocenters. The summed E-state index contributed by atoms with van der Waals surface area (Å²) in [7, 11) is 0. The summed E-state index contributed by atoms with van der Waals surface area (Å²) in [4.78, 5) is 71.5.